The van der Waals surface area contributed by atoms with Gasteiger partial charge >= 0.3 is 5.97 Å². The summed E-state index contributed by atoms with van der Waals surface area (Å²) >= 11 is 0. The van der Waals surface area contributed by atoms with Crippen molar-refractivity contribution in [3.8, 4) is 0 Å². The Hall–Kier alpha value is -1.42. The molecule has 1 aliphatic rings. The standard InChI is InChI=1S/C16H23NO3/c1-2-20-16(18)15-9-4-3-7-13(15)11-19-12-14-8-5-6-10-17-14/h5-6,8,10,13,15H,2-4,7,9,11-12H2,1H3. The average Bonchev–Trinajstić information content (AvgIpc) is 2.49. The van der Waals surface area contributed by atoms with Crippen molar-refractivity contribution in [3.63, 3.8) is 0 Å². The Balaban J connectivity index is 1.81. The summed E-state index contributed by atoms with van der Waals surface area (Å²) in [6.07, 6.45) is 6.02. The first-order valence-corrected chi connectivity index (χ1v) is 7.45. The Morgan fingerprint density at radius 1 is 1.35 bits per heavy atom. The summed E-state index contributed by atoms with van der Waals surface area (Å²) in [6.45, 7) is 3.43. The fraction of sp³-hybridized carbons (Fsp3) is 0.625. The molecule has 110 valence electrons. The molecule has 1 aromatic rings. The third kappa shape index (κ3) is 4.30. The maximum absolute atomic E-state index is 12.0. The molecule has 20 heavy (non-hydrogen) atoms. The van der Waals surface area contributed by atoms with Crippen molar-refractivity contribution >= 4 is 5.97 Å². The normalized spacial score (nSPS) is 22.4. The van der Waals surface area contributed by atoms with Gasteiger partial charge in [0, 0.05) is 6.20 Å². The Kier molecular flexibility index (Phi) is 5.99. The van der Waals surface area contributed by atoms with E-state index < -0.39 is 0 Å². The van der Waals surface area contributed by atoms with Gasteiger partial charge in [0.1, 0.15) is 0 Å². The van der Waals surface area contributed by atoms with Gasteiger partial charge in [0.15, 0.2) is 0 Å². The van der Waals surface area contributed by atoms with Crippen molar-refractivity contribution in [2.24, 2.45) is 11.8 Å². The van der Waals surface area contributed by atoms with Crippen LogP contribution in [0.15, 0.2) is 24.4 Å². The first-order chi connectivity index (χ1) is 9.81. The van der Waals surface area contributed by atoms with E-state index in [0.717, 1.165) is 25.0 Å². The second-order valence-electron chi connectivity index (χ2n) is 5.24. The second kappa shape index (κ2) is 8.00. The lowest BCUT2D eigenvalue weighted by atomic mass is 9.80. The first-order valence-electron chi connectivity index (χ1n) is 7.45. The zero-order chi connectivity index (χ0) is 14.2. The Labute approximate surface area is 120 Å². The van der Waals surface area contributed by atoms with E-state index in [1.165, 1.54) is 6.42 Å². The van der Waals surface area contributed by atoms with E-state index in [0.29, 0.717) is 19.8 Å². The average molecular weight is 277 g/mol. The molecule has 0 spiro atoms. The van der Waals surface area contributed by atoms with Gasteiger partial charge in [-0.1, -0.05) is 18.9 Å². The van der Waals surface area contributed by atoms with Crippen LogP contribution in [0, 0.1) is 11.8 Å². The summed E-state index contributed by atoms with van der Waals surface area (Å²) in [5, 5.41) is 0. The molecule has 1 heterocycles. The minimum Gasteiger partial charge on any atom is -0.466 e. The van der Waals surface area contributed by atoms with E-state index in [1.54, 1.807) is 6.20 Å². The SMILES string of the molecule is CCOC(=O)C1CCCCC1COCc1ccccn1. The van der Waals surface area contributed by atoms with Crippen LogP contribution in [0.25, 0.3) is 0 Å². The zero-order valence-corrected chi connectivity index (χ0v) is 12.1. The van der Waals surface area contributed by atoms with Crippen molar-refractivity contribution in [3.05, 3.63) is 30.1 Å². The molecule has 1 fully saturated rings. The lowest BCUT2D eigenvalue weighted by molar-refractivity contribution is -0.152. The fourth-order valence-electron chi connectivity index (χ4n) is 2.77. The summed E-state index contributed by atoms with van der Waals surface area (Å²) in [4.78, 5) is 16.2. The summed E-state index contributed by atoms with van der Waals surface area (Å²) in [5.41, 5.74) is 0.927. The van der Waals surface area contributed by atoms with Gasteiger partial charge in [0.2, 0.25) is 0 Å². The molecule has 0 aromatic carbocycles. The number of rotatable bonds is 6. The van der Waals surface area contributed by atoms with E-state index in [4.69, 9.17) is 9.47 Å². The summed E-state index contributed by atoms with van der Waals surface area (Å²) < 4.78 is 10.9. The lowest BCUT2D eigenvalue weighted by Gasteiger charge is -2.29. The molecule has 0 bridgehead atoms. The van der Waals surface area contributed by atoms with Gasteiger partial charge < -0.3 is 9.47 Å². The van der Waals surface area contributed by atoms with E-state index in [2.05, 4.69) is 4.98 Å². The number of ether oxygens (including phenoxy) is 2. The predicted molar refractivity (Wildman–Crippen MR) is 76.0 cm³/mol. The van der Waals surface area contributed by atoms with Crippen molar-refractivity contribution in [1.29, 1.82) is 0 Å². The maximum atomic E-state index is 12.0. The van der Waals surface area contributed by atoms with Crippen molar-refractivity contribution in [1.82, 2.24) is 4.98 Å². The Morgan fingerprint density at radius 2 is 2.20 bits per heavy atom. The molecule has 0 saturated heterocycles. The number of hydrogen-bond donors (Lipinski definition) is 0. The highest BCUT2D eigenvalue weighted by Crippen LogP contribution is 2.31. The molecule has 4 heteroatoms. The summed E-state index contributed by atoms with van der Waals surface area (Å²) in [6, 6.07) is 5.79. The number of esters is 1. The largest absolute Gasteiger partial charge is 0.466 e. The van der Waals surface area contributed by atoms with Gasteiger partial charge in [-0.05, 0) is 37.8 Å². The van der Waals surface area contributed by atoms with E-state index in [-0.39, 0.29) is 17.8 Å². The van der Waals surface area contributed by atoms with Gasteiger partial charge in [0.05, 0.1) is 31.4 Å². The molecule has 1 saturated carbocycles. The van der Waals surface area contributed by atoms with Crippen LogP contribution in [0.4, 0.5) is 0 Å². The molecule has 2 rings (SSSR count). The lowest BCUT2D eigenvalue weighted by Crippen LogP contribution is -2.31. The number of carbonyl (C=O) groups is 1. The smallest absolute Gasteiger partial charge is 0.309 e. The number of hydrogen-bond acceptors (Lipinski definition) is 4. The molecule has 1 aliphatic carbocycles. The van der Waals surface area contributed by atoms with Crippen LogP contribution in [0.3, 0.4) is 0 Å². The third-order valence-electron chi connectivity index (χ3n) is 3.81. The van der Waals surface area contributed by atoms with Crippen LogP contribution in [0.2, 0.25) is 0 Å². The molecule has 2 atom stereocenters. The van der Waals surface area contributed by atoms with Crippen LogP contribution < -0.4 is 0 Å². The van der Waals surface area contributed by atoms with E-state index in [9.17, 15) is 4.79 Å². The van der Waals surface area contributed by atoms with Crippen molar-refractivity contribution in [2.75, 3.05) is 13.2 Å². The molecular formula is C16H23NO3. The molecule has 4 nitrogen and oxygen atoms in total. The highest BCUT2D eigenvalue weighted by molar-refractivity contribution is 5.72. The van der Waals surface area contributed by atoms with Crippen LogP contribution in [-0.4, -0.2) is 24.2 Å². The second-order valence-corrected chi connectivity index (χ2v) is 5.24. The number of carbonyl (C=O) groups excluding carboxylic acids is 1. The van der Waals surface area contributed by atoms with Gasteiger partial charge in [0.25, 0.3) is 0 Å². The van der Waals surface area contributed by atoms with E-state index in [1.807, 2.05) is 25.1 Å². The van der Waals surface area contributed by atoms with Crippen LogP contribution >= 0.6 is 0 Å². The van der Waals surface area contributed by atoms with Crippen molar-refractivity contribution < 1.29 is 14.3 Å². The summed E-state index contributed by atoms with van der Waals surface area (Å²) in [5.74, 6) is 0.234. The van der Waals surface area contributed by atoms with Gasteiger partial charge in [-0.2, -0.15) is 0 Å². The minimum absolute atomic E-state index is 0.00688. The predicted octanol–water partition coefficient (Wildman–Crippen LogP) is 2.97. The number of pyridine rings is 1. The molecule has 0 N–H and O–H groups in total. The van der Waals surface area contributed by atoms with Crippen molar-refractivity contribution in [2.45, 2.75) is 39.2 Å². The molecular weight excluding hydrogens is 254 g/mol. The Morgan fingerprint density at radius 3 is 2.95 bits per heavy atom. The number of aromatic nitrogens is 1. The van der Waals surface area contributed by atoms with Gasteiger partial charge in [-0.15, -0.1) is 0 Å². The first kappa shape index (κ1) is 15.0. The van der Waals surface area contributed by atoms with Crippen LogP contribution in [-0.2, 0) is 20.9 Å². The minimum atomic E-state index is -0.0568. The molecule has 0 aliphatic heterocycles. The summed E-state index contributed by atoms with van der Waals surface area (Å²) in [7, 11) is 0. The Bertz CT molecular complexity index is 407. The monoisotopic (exact) mass is 277 g/mol. The fourth-order valence-corrected chi connectivity index (χ4v) is 2.77. The quantitative estimate of drug-likeness (QED) is 0.750. The highest BCUT2D eigenvalue weighted by atomic mass is 16.5. The maximum Gasteiger partial charge on any atom is 0.309 e. The highest BCUT2D eigenvalue weighted by Gasteiger charge is 2.32. The zero-order valence-electron chi connectivity index (χ0n) is 12.1. The van der Waals surface area contributed by atoms with Crippen LogP contribution in [0.1, 0.15) is 38.3 Å². The molecule has 0 radical (unpaired) electrons. The number of nitrogens with zero attached hydrogens (tertiary/aromatic N) is 1. The van der Waals surface area contributed by atoms with Crippen LogP contribution in [0.5, 0.6) is 0 Å². The van der Waals surface area contributed by atoms with E-state index >= 15 is 0 Å². The molecule has 2 unspecified atom stereocenters. The van der Waals surface area contributed by atoms with Gasteiger partial charge in [-0.3, -0.25) is 9.78 Å². The van der Waals surface area contributed by atoms with Gasteiger partial charge in [-0.25, -0.2) is 0 Å². The molecule has 0 amide bonds. The topological polar surface area (TPSA) is 48.4 Å². The molecule has 1 aromatic heterocycles. The third-order valence-corrected chi connectivity index (χ3v) is 3.81.